The van der Waals surface area contributed by atoms with Crippen LogP contribution in [0.15, 0.2) is 36.5 Å². The Hall–Kier alpha value is -0.690. The lowest BCUT2D eigenvalue weighted by Gasteiger charge is -2.10. The Morgan fingerprint density at radius 2 is 1.57 bits per heavy atom. The number of unbranched alkanes of at least 4 members (excludes halogenated alkanes) is 5. The predicted octanol–water partition coefficient (Wildman–Crippen LogP) is 5.23. The summed E-state index contributed by atoms with van der Waals surface area (Å²) in [4.78, 5) is 28.9. The summed E-state index contributed by atoms with van der Waals surface area (Å²) in [5.74, 6) is -0.0519. The van der Waals surface area contributed by atoms with Crippen molar-refractivity contribution in [3.63, 3.8) is 0 Å². The van der Waals surface area contributed by atoms with Crippen molar-refractivity contribution in [1.29, 1.82) is 0 Å². The number of nitrogens with two attached hydrogens (primary N) is 1. The van der Waals surface area contributed by atoms with Gasteiger partial charge in [0, 0.05) is 24.2 Å². The first-order chi connectivity index (χ1) is 13.4. The second kappa shape index (κ2) is 18.3. The van der Waals surface area contributed by atoms with E-state index in [1.807, 2.05) is 0 Å². The van der Waals surface area contributed by atoms with Gasteiger partial charge < -0.3 is 15.5 Å². The van der Waals surface area contributed by atoms with E-state index in [9.17, 15) is 9.36 Å². The van der Waals surface area contributed by atoms with Crippen molar-refractivity contribution in [2.24, 2.45) is 5.73 Å². The van der Waals surface area contributed by atoms with Gasteiger partial charge in [-0.1, -0.05) is 62.6 Å². The van der Waals surface area contributed by atoms with E-state index in [0.29, 0.717) is 18.5 Å². The second-order valence-corrected chi connectivity index (χ2v) is 8.67. The molecule has 4 N–H and O–H groups in total. The van der Waals surface area contributed by atoms with Crippen molar-refractivity contribution in [2.45, 2.75) is 77.2 Å². The third-order valence-electron chi connectivity index (χ3n) is 3.88. The number of Topliss-reactive ketones (excluding diaryl/α,β-unsaturated/α-hetero) is 1. The molecule has 162 valence electrons. The van der Waals surface area contributed by atoms with Crippen LogP contribution in [0.1, 0.15) is 71.1 Å². The van der Waals surface area contributed by atoms with Crippen molar-refractivity contribution in [1.82, 2.24) is 0 Å². The molecule has 0 rings (SSSR count). The third-order valence-corrected chi connectivity index (χ3v) is 5.58. The van der Waals surface area contributed by atoms with Gasteiger partial charge in [0.2, 0.25) is 0 Å². The van der Waals surface area contributed by atoms with E-state index >= 15 is 0 Å². The fourth-order valence-electron chi connectivity index (χ4n) is 2.37. The van der Waals surface area contributed by atoms with Gasteiger partial charge in [0.25, 0.3) is 0 Å². The van der Waals surface area contributed by atoms with Crippen molar-refractivity contribution in [3.05, 3.63) is 36.5 Å². The van der Waals surface area contributed by atoms with Gasteiger partial charge in [-0.05, 0) is 38.5 Å². The first kappa shape index (κ1) is 27.3. The standard InChI is InChI=1S/C20H36NO5PS/c1-2-3-4-5-6-7-8-9-10-11-12-13-14-15-16-17-20(22)19(21)18-28-26-27(23,24)25/h3-4,6-7,9-10,19H,2,5,8,11-18,21H2,1H3,(H2,23,24,25). The van der Waals surface area contributed by atoms with E-state index in [0.717, 1.165) is 57.8 Å². The number of carbonyl (C=O) groups is 1. The minimum absolute atomic E-state index is 0.0426. The predicted molar refractivity (Wildman–Crippen MR) is 118 cm³/mol. The van der Waals surface area contributed by atoms with Gasteiger partial charge in [-0.25, -0.2) is 8.54 Å². The van der Waals surface area contributed by atoms with Crippen LogP contribution in [-0.4, -0.2) is 27.4 Å². The molecule has 0 spiro atoms. The van der Waals surface area contributed by atoms with Crippen molar-refractivity contribution >= 4 is 25.6 Å². The van der Waals surface area contributed by atoms with Gasteiger partial charge in [-0.15, -0.1) is 0 Å². The number of carbonyl (C=O) groups excluding carboxylic acids is 1. The van der Waals surface area contributed by atoms with Crippen LogP contribution in [0.25, 0.3) is 0 Å². The lowest BCUT2D eigenvalue weighted by atomic mass is 10.0. The lowest BCUT2D eigenvalue weighted by molar-refractivity contribution is -0.119. The summed E-state index contributed by atoms with van der Waals surface area (Å²) < 4.78 is 14.7. The van der Waals surface area contributed by atoms with Gasteiger partial charge in [0.1, 0.15) is 5.78 Å². The molecule has 8 heteroatoms. The van der Waals surface area contributed by atoms with Crippen LogP contribution in [0.3, 0.4) is 0 Å². The highest BCUT2D eigenvalue weighted by atomic mass is 32.2. The van der Waals surface area contributed by atoms with Crippen LogP contribution in [0.5, 0.6) is 0 Å². The molecular weight excluding hydrogens is 397 g/mol. The third kappa shape index (κ3) is 20.1. The minimum Gasteiger partial charge on any atom is -0.321 e. The van der Waals surface area contributed by atoms with Gasteiger partial charge >= 0.3 is 7.82 Å². The Bertz CT molecular complexity index is 531. The zero-order valence-electron chi connectivity index (χ0n) is 16.9. The zero-order chi connectivity index (χ0) is 21.1. The first-order valence-corrected chi connectivity index (χ1v) is 12.4. The highest BCUT2D eigenvalue weighted by Crippen LogP contribution is 2.40. The summed E-state index contributed by atoms with van der Waals surface area (Å²) >= 11 is 0.538. The van der Waals surface area contributed by atoms with Crippen LogP contribution in [0.2, 0.25) is 0 Å². The van der Waals surface area contributed by atoms with Crippen LogP contribution in [0, 0.1) is 0 Å². The van der Waals surface area contributed by atoms with E-state index in [1.54, 1.807) is 0 Å². The average molecular weight is 434 g/mol. The summed E-state index contributed by atoms with van der Waals surface area (Å²) in [6.07, 6.45) is 22.9. The van der Waals surface area contributed by atoms with Gasteiger partial charge in [-0.3, -0.25) is 4.79 Å². The summed E-state index contributed by atoms with van der Waals surface area (Å²) in [6, 6.07) is -0.751. The summed E-state index contributed by atoms with van der Waals surface area (Å²) in [5.41, 5.74) is 5.69. The number of ketones is 1. The molecule has 1 atom stereocenters. The van der Waals surface area contributed by atoms with E-state index in [1.165, 1.54) is 0 Å². The van der Waals surface area contributed by atoms with Crippen LogP contribution in [-0.2, 0) is 13.3 Å². The van der Waals surface area contributed by atoms with Crippen LogP contribution < -0.4 is 5.73 Å². The Labute approximate surface area is 174 Å². The Balaban J connectivity index is 3.51. The van der Waals surface area contributed by atoms with E-state index < -0.39 is 13.9 Å². The minimum atomic E-state index is -4.52. The molecule has 0 aliphatic rings. The first-order valence-electron chi connectivity index (χ1n) is 9.97. The van der Waals surface area contributed by atoms with Crippen LogP contribution in [0.4, 0.5) is 0 Å². The Morgan fingerprint density at radius 3 is 2.21 bits per heavy atom. The maximum Gasteiger partial charge on any atom is 0.480 e. The maximum absolute atomic E-state index is 11.8. The fraction of sp³-hybridized carbons (Fsp3) is 0.650. The molecule has 0 saturated carbocycles. The molecular formula is C20H36NO5PS. The summed E-state index contributed by atoms with van der Waals surface area (Å²) in [7, 11) is -4.52. The van der Waals surface area contributed by atoms with E-state index in [-0.39, 0.29) is 11.5 Å². The zero-order valence-corrected chi connectivity index (χ0v) is 18.6. The number of allylic oxidation sites excluding steroid dienone is 6. The smallest absolute Gasteiger partial charge is 0.321 e. The van der Waals surface area contributed by atoms with Crippen molar-refractivity contribution in [2.75, 3.05) is 5.75 Å². The van der Waals surface area contributed by atoms with Gasteiger partial charge in [-0.2, -0.15) is 0 Å². The molecule has 0 heterocycles. The average Bonchev–Trinajstić information content (AvgIpc) is 2.63. The maximum atomic E-state index is 11.8. The molecule has 0 radical (unpaired) electrons. The topological polar surface area (TPSA) is 110 Å². The Kier molecular flexibility index (Phi) is 17.9. The molecule has 0 aliphatic heterocycles. The van der Waals surface area contributed by atoms with Crippen molar-refractivity contribution < 1.29 is 23.1 Å². The second-order valence-electron chi connectivity index (χ2n) is 6.52. The highest BCUT2D eigenvalue weighted by Gasteiger charge is 2.18. The molecule has 0 aromatic heterocycles. The SMILES string of the molecule is CCC=CCC=CCC=CCCCCCCCC(=O)C(N)CSOP(=O)(O)O. The summed E-state index contributed by atoms with van der Waals surface area (Å²) in [5, 5.41) is 0. The molecule has 0 aromatic carbocycles. The largest absolute Gasteiger partial charge is 0.480 e. The molecule has 0 amide bonds. The Morgan fingerprint density at radius 1 is 1.00 bits per heavy atom. The molecule has 0 saturated heterocycles. The normalized spacial score (nSPS) is 13.9. The molecule has 0 fully saturated rings. The molecule has 28 heavy (non-hydrogen) atoms. The quantitative estimate of drug-likeness (QED) is 0.117. The fourth-order valence-corrected chi connectivity index (χ4v) is 3.49. The highest BCUT2D eigenvalue weighted by molar-refractivity contribution is 7.97. The van der Waals surface area contributed by atoms with Crippen molar-refractivity contribution in [3.8, 4) is 0 Å². The van der Waals surface area contributed by atoms with Gasteiger partial charge in [0.05, 0.1) is 6.04 Å². The molecule has 6 nitrogen and oxygen atoms in total. The number of rotatable bonds is 18. The number of phosphoric acid groups is 1. The number of hydrogen-bond donors (Lipinski definition) is 3. The number of hydrogen-bond acceptors (Lipinski definition) is 5. The van der Waals surface area contributed by atoms with E-state index in [2.05, 4.69) is 47.3 Å². The molecule has 0 aromatic rings. The molecule has 1 unspecified atom stereocenters. The van der Waals surface area contributed by atoms with E-state index in [4.69, 9.17) is 15.5 Å². The molecule has 0 bridgehead atoms. The van der Waals surface area contributed by atoms with Crippen LogP contribution >= 0.6 is 19.9 Å². The monoisotopic (exact) mass is 433 g/mol. The van der Waals surface area contributed by atoms with Gasteiger partial charge in [0.15, 0.2) is 0 Å². The summed E-state index contributed by atoms with van der Waals surface area (Å²) in [6.45, 7) is 2.13. The lowest BCUT2D eigenvalue weighted by Crippen LogP contribution is -2.32. The molecule has 0 aliphatic carbocycles.